The second-order valence-electron chi connectivity index (χ2n) is 6.89. The maximum atomic E-state index is 12.6. The van der Waals surface area contributed by atoms with E-state index < -0.39 is 47.2 Å². The molecular weight excluding hydrogens is 502 g/mol. The predicted octanol–water partition coefficient (Wildman–Crippen LogP) is 4.55. The molecule has 2 rings (SSSR count). The number of halogens is 6. The maximum absolute atomic E-state index is 12.6. The van der Waals surface area contributed by atoms with Gasteiger partial charge in [-0.1, -0.05) is 12.1 Å². The highest BCUT2D eigenvalue weighted by molar-refractivity contribution is 6.37. The summed E-state index contributed by atoms with van der Waals surface area (Å²) in [6.45, 7) is 3.89. The number of anilines is 2. The van der Waals surface area contributed by atoms with Crippen LogP contribution in [0.5, 0.6) is 0 Å². The van der Waals surface area contributed by atoms with Gasteiger partial charge in [-0.15, -0.1) is 0 Å². The van der Waals surface area contributed by atoms with Gasteiger partial charge in [-0.05, 0) is 56.2 Å². The van der Waals surface area contributed by atoms with E-state index in [0.717, 1.165) is 31.2 Å². The van der Waals surface area contributed by atoms with Crippen molar-refractivity contribution in [2.75, 3.05) is 17.2 Å². The van der Waals surface area contributed by atoms with Crippen LogP contribution in [0.4, 0.5) is 37.7 Å². The molecule has 2 aromatic carbocycles. The fraction of sp³-hybridized carbons (Fsp3) is 0.273. The third-order valence-corrected chi connectivity index (χ3v) is 4.43. The molecule has 0 aliphatic heterocycles. The molecule has 0 radical (unpaired) electrons. The van der Waals surface area contributed by atoms with E-state index in [0.29, 0.717) is 0 Å². The minimum absolute atomic E-state index is 0.00776. The Morgan fingerprint density at radius 2 is 1.17 bits per heavy atom. The standard InChI is InChI=1S/C12H12F3NO3.C10H8F3NO3/c1-3-19-11(18)10(17)16-9-6-4-5-8(7(9)2)12(13,14)15;1-5-6(10(11,12)13)3-2-4-7(5)14-8(15)9(16)17/h4-6H,3H2,1-2H3,(H,16,17);2-4H,1H3,(H,14,15)(H,16,17). The van der Waals surface area contributed by atoms with Gasteiger partial charge >= 0.3 is 36.1 Å². The van der Waals surface area contributed by atoms with E-state index in [1.165, 1.54) is 26.0 Å². The Kier molecular flexibility index (Phi) is 10.0. The number of alkyl halides is 6. The molecule has 3 N–H and O–H groups in total. The number of carbonyl (C=O) groups is 4. The Balaban J connectivity index is 0.000000362. The van der Waals surface area contributed by atoms with Crippen LogP contribution in [0.15, 0.2) is 36.4 Å². The normalized spacial score (nSPS) is 11.0. The highest BCUT2D eigenvalue weighted by atomic mass is 19.4. The smallest absolute Gasteiger partial charge is 0.416 e. The first-order chi connectivity index (χ1) is 16.5. The van der Waals surface area contributed by atoms with Crippen molar-refractivity contribution in [2.45, 2.75) is 33.1 Å². The zero-order chi connectivity index (χ0) is 27.8. The lowest BCUT2D eigenvalue weighted by molar-refractivity contribution is -0.152. The Bertz CT molecular complexity index is 1140. The van der Waals surface area contributed by atoms with Gasteiger partial charge in [0.05, 0.1) is 17.7 Å². The quantitative estimate of drug-likeness (QED) is 0.309. The number of carbonyl (C=O) groups excluding carboxylic acids is 3. The van der Waals surface area contributed by atoms with Crippen molar-refractivity contribution in [1.29, 1.82) is 0 Å². The Labute approximate surface area is 200 Å². The summed E-state index contributed by atoms with van der Waals surface area (Å²) in [7, 11) is 0. The summed E-state index contributed by atoms with van der Waals surface area (Å²) < 4.78 is 79.9. The Morgan fingerprint density at radius 3 is 1.50 bits per heavy atom. The van der Waals surface area contributed by atoms with Crippen molar-refractivity contribution < 1.29 is 55.4 Å². The van der Waals surface area contributed by atoms with Crippen molar-refractivity contribution in [1.82, 2.24) is 0 Å². The molecule has 36 heavy (non-hydrogen) atoms. The Morgan fingerprint density at radius 1 is 0.778 bits per heavy atom. The summed E-state index contributed by atoms with van der Waals surface area (Å²) in [5.41, 5.74) is -2.42. The van der Waals surface area contributed by atoms with E-state index in [9.17, 15) is 45.5 Å². The monoisotopic (exact) mass is 522 g/mol. The molecule has 0 heterocycles. The number of aliphatic carboxylic acids is 1. The summed E-state index contributed by atoms with van der Waals surface area (Å²) in [6, 6.07) is 6.47. The molecule has 2 amide bonds. The Hall–Kier alpha value is -4.10. The van der Waals surface area contributed by atoms with Crippen LogP contribution < -0.4 is 10.6 Å². The van der Waals surface area contributed by atoms with Crippen molar-refractivity contribution in [3.63, 3.8) is 0 Å². The van der Waals surface area contributed by atoms with Crippen molar-refractivity contribution in [2.24, 2.45) is 0 Å². The van der Waals surface area contributed by atoms with Gasteiger partial charge in [0, 0.05) is 11.4 Å². The van der Waals surface area contributed by atoms with E-state index in [2.05, 4.69) is 10.1 Å². The molecule has 8 nitrogen and oxygen atoms in total. The van der Waals surface area contributed by atoms with E-state index in [4.69, 9.17) is 5.11 Å². The summed E-state index contributed by atoms with van der Waals surface area (Å²) >= 11 is 0. The lowest BCUT2D eigenvalue weighted by Crippen LogP contribution is -2.25. The van der Waals surface area contributed by atoms with E-state index in [1.807, 2.05) is 5.32 Å². The zero-order valence-electron chi connectivity index (χ0n) is 18.9. The number of hydrogen-bond acceptors (Lipinski definition) is 5. The third kappa shape index (κ3) is 8.29. The van der Waals surface area contributed by atoms with Gasteiger partial charge in [-0.2, -0.15) is 26.3 Å². The minimum atomic E-state index is -4.55. The summed E-state index contributed by atoms with van der Waals surface area (Å²) in [4.78, 5) is 43.5. The second-order valence-corrected chi connectivity index (χ2v) is 6.89. The second kappa shape index (κ2) is 12.0. The van der Waals surface area contributed by atoms with Crippen LogP contribution in [0.3, 0.4) is 0 Å². The highest BCUT2D eigenvalue weighted by Crippen LogP contribution is 2.35. The molecule has 14 heteroatoms. The van der Waals surface area contributed by atoms with E-state index in [1.54, 1.807) is 0 Å². The van der Waals surface area contributed by atoms with Crippen LogP contribution in [-0.2, 0) is 36.3 Å². The number of benzene rings is 2. The number of nitrogens with one attached hydrogen (secondary N) is 2. The molecule has 0 fully saturated rings. The predicted molar refractivity (Wildman–Crippen MR) is 114 cm³/mol. The van der Waals surface area contributed by atoms with Crippen LogP contribution >= 0.6 is 0 Å². The molecule has 0 atom stereocenters. The van der Waals surface area contributed by atoms with Gasteiger partial charge in [0.15, 0.2) is 0 Å². The van der Waals surface area contributed by atoms with Gasteiger partial charge in [0.2, 0.25) is 0 Å². The first-order valence-electron chi connectivity index (χ1n) is 9.86. The zero-order valence-corrected chi connectivity index (χ0v) is 18.9. The number of ether oxygens (including phenoxy) is 1. The topological polar surface area (TPSA) is 122 Å². The summed E-state index contributed by atoms with van der Waals surface area (Å²) in [5, 5.41) is 12.3. The van der Waals surface area contributed by atoms with Crippen LogP contribution in [-0.4, -0.2) is 35.5 Å². The molecule has 0 aromatic heterocycles. The molecule has 0 unspecified atom stereocenters. The minimum Gasteiger partial charge on any atom is -0.474 e. The number of carboxylic acids is 1. The van der Waals surface area contributed by atoms with Crippen molar-refractivity contribution in [3.05, 3.63) is 58.7 Å². The average Bonchev–Trinajstić information content (AvgIpc) is 2.75. The number of hydrogen-bond donors (Lipinski definition) is 3. The molecule has 0 aliphatic rings. The molecule has 0 saturated heterocycles. The van der Waals surface area contributed by atoms with E-state index in [-0.39, 0.29) is 29.1 Å². The molecule has 196 valence electrons. The van der Waals surface area contributed by atoms with Gasteiger partial charge < -0.3 is 20.5 Å². The van der Waals surface area contributed by atoms with Gasteiger partial charge in [-0.25, -0.2) is 9.59 Å². The largest absolute Gasteiger partial charge is 0.474 e. The van der Waals surface area contributed by atoms with Crippen molar-refractivity contribution >= 4 is 35.1 Å². The van der Waals surface area contributed by atoms with Crippen LogP contribution in [0.2, 0.25) is 0 Å². The number of amides is 2. The maximum Gasteiger partial charge on any atom is 0.416 e. The first kappa shape index (κ1) is 29.9. The van der Waals surface area contributed by atoms with Gasteiger partial charge in [0.25, 0.3) is 0 Å². The molecule has 2 aromatic rings. The highest BCUT2D eigenvalue weighted by Gasteiger charge is 2.34. The van der Waals surface area contributed by atoms with Gasteiger partial charge in [-0.3, -0.25) is 9.59 Å². The SMILES string of the molecule is CCOC(=O)C(=O)Nc1cccc(C(F)(F)F)c1C.Cc1c(NC(=O)C(=O)O)cccc1C(F)(F)F. The average molecular weight is 522 g/mol. The fourth-order valence-corrected chi connectivity index (χ4v) is 2.70. The third-order valence-electron chi connectivity index (χ3n) is 4.43. The van der Waals surface area contributed by atoms with Gasteiger partial charge in [0.1, 0.15) is 0 Å². The lowest BCUT2D eigenvalue weighted by atomic mass is 10.1. The summed E-state index contributed by atoms with van der Waals surface area (Å²) in [6.07, 6.45) is -9.07. The molecule has 0 spiro atoms. The number of carboxylic acid groups (broad SMARTS) is 1. The first-order valence-corrected chi connectivity index (χ1v) is 9.86. The molecule has 0 saturated carbocycles. The van der Waals surface area contributed by atoms with Crippen LogP contribution in [0, 0.1) is 13.8 Å². The van der Waals surface area contributed by atoms with E-state index >= 15 is 0 Å². The number of esters is 1. The molecular formula is C22H20F6N2O6. The van der Waals surface area contributed by atoms with Crippen LogP contribution in [0.25, 0.3) is 0 Å². The number of rotatable bonds is 3. The lowest BCUT2D eigenvalue weighted by Gasteiger charge is -2.14. The fourth-order valence-electron chi connectivity index (χ4n) is 2.70. The van der Waals surface area contributed by atoms with Crippen molar-refractivity contribution in [3.8, 4) is 0 Å². The van der Waals surface area contributed by atoms with Crippen LogP contribution in [0.1, 0.15) is 29.2 Å². The summed E-state index contributed by atoms with van der Waals surface area (Å²) in [5.74, 6) is -5.39. The molecule has 0 aliphatic carbocycles. The molecule has 0 bridgehead atoms.